The summed E-state index contributed by atoms with van der Waals surface area (Å²) in [5, 5.41) is 24.8. The first-order valence-electron chi connectivity index (χ1n) is 7.40. The van der Waals surface area contributed by atoms with E-state index in [1.54, 1.807) is 24.3 Å². The molecule has 26 heavy (non-hydrogen) atoms. The fraction of sp³-hybridized carbons (Fsp3) is 0.133. The first kappa shape index (κ1) is 17.9. The van der Waals surface area contributed by atoms with E-state index in [1.807, 2.05) is 0 Å². The highest BCUT2D eigenvalue weighted by Gasteiger charge is 2.13. The molecule has 0 aliphatic rings. The molecule has 0 saturated carbocycles. The molecule has 0 unspecified atom stereocenters. The van der Waals surface area contributed by atoms with Crippen molar-refractivity contribution >= 4 is 34.8 Å². The molecular formula is C15H12Cl2N6O3. The molecule has 0 spiro atoms. The summed E-state index contributed by atoms with van der Waals surface area (Å²) in [6, 6.07) is 6.56. The Morgan fingerprint density at radius 1 is 1.35 bits per heavy atom. The van der Waals surface area contributed by atoms with Crippen LogP contribution in [0.1, 0.15) is 10.5 Å². The van der Waals surface area contributed by atoms with Crippen molar-refractivity contribution in [2.45, 2.75) is 6.54 Å². The minimum absolute atomic E-state index is 0.102. The molecule has 0 saturated heterocycles. The SMILES string of the molecule is O=C(NCCn1cc([N+](=O)[O-])cn1)c1cc(-c2ccc(Cl)cc2Cl)n[nH]1. The molecule has 1 aromatic carbocycles. The molecule has 134 valence electrons. The molecule has 2 heterocycles. The molecule has 2 N–H and O–H groups in total. The van der Waals surface area contributed by atoms with Crippen molar-refractivity contribution in [3.63, 3.8) is 0 Å². The van der Waals surface area contributed by atoms with Gasteiger partial charge in [0, 0.05) is 17.1 Å². The number of H-pyrrole nitrogens is 1. The Morgan fingerprint density at radius 2 is 2.15 bits per heavy atom. The Morgan fingerprint density at radius 3 is 2.85 bits per heavy atom. The Kier molecular flexibility index (Phi) is 5.19. The van der Waals surface area contributed by atoms with Crippen molar-refractivity contribution in [1.29, 1.82) is 0 Å². The topological polar surface area (TPSA) is 119 Å². The summed E-state index contributed by atoms with van der Waals surface area (Å²) in [4.78, 5) is 22.2. The first-order valence-corrected chi connectivity index (χ1v) is 8.15. The number of carbonyl (C=O) groups is 1. The molecule has 0 atom stereocenters. The summed E-state index contributed by atoms with van der Waals surface area (Å²) in [5.74, 6) is -0.365. The third-order valence-electron chi connectivity index (χ3n) is 3.49. The zero-order valence-corrected chi connectivity index (χ0v) is 14.7. The molecule has 0 fully saturated rings. The van der Waals surface area contributed by atoms with E-state index < -0.39 is 4.92 Å². The zero-order chi connectivity index (χ0) is 18.7. The number of carbonyl (C=O) groups excluding carboxylic acids is 1. The maximum atomic E-state index is 12.2. The second kappa shape index (κ2) is 7.54. The van der Waals surface area contributed by atoms with E-state index >= 15 is 0 Å². The Balaban J connectivity index is 1.60. The predicted molar refractivity (Wildman–Crippen MR) is 95.3 cm³/mol. The second-order valence-corrected chi connectivity index (χ2v) is 6.11. The number of nitrogens with zero attached hydrogens (tertiary/aromatic N) is 4. The Hall–Kier alpha value is -2.91. The van der Waals surface area contributed by atoms with E-state index in [2.05, 4.69) is 20.6 Å². The number of nitro groups is 1. The number of aromatic amines is 1. The fourth-order valence-electron chi connectivity index (χ4n) is 2.22. The normalized spacial score (nSPS) is 10.7. The van der Waals surface area contributed by atoms with Crippen molar-refractivity contribution in [2.24, 2.45) is 0 Å². The molecular weight excluding hydrogens is 383 g/mol. The van der Waals surface area contributed by atoms with Gasteiger partial charge in [-0.2, -0.15) is 10.2 Å². The van der Waals surface area contributed by atoms with Crippen LogP contribution in [0.3, 0.4) is 0 Å². The minimum Gasteiger partial charge on any atom is -0.349 e. The molecule has 2 aromatic heterocycles. The summed E-state index contributed by atoms with van der Waals surface area (Å²) in [5.41, 5.74) is 1.32. The van der Waals surface area contributed by atoms with Gasteiger partial charge in [0.2, 0.25) is 0 Å². The van der Waals surface area contributed by atoms with Gasteiger partial charge < -0.3 is 5.32 Å². The van der Waals surface area contributed by atoms with Crippen LogP contribution in [0.2, 0.25) is 10.0 Å². The third-order valence-corrected chi connectivity index (χ3v) is 4.03. The number of hydrogen-bond acceptors (Lipinski definition) is 5. The predicted octanol–water partition coefficient (Wildman–Crippen LogP) is 2.92. The zero-order valence-electron chi connectivity index (χ0n) is 13.1. The van der Waals surface area contributed by atoms with Crippen LogP contribution in [0.5, 0.6) is 0 Å². The van der Waals surface area contributed by atoms with E-state index in [-0.39, 0.29) is 23.8 Å². The second-order valence-electron chi connectivity index (χ2n) is 5.27. The maximum Gasteiger partial charge on any atom is 0.306 e. The molecule has 0 bridgehead atoms. The molecule has 1 amide bonds. The summed E-state index contributed by atoms with van der Waals surface area (Å²) < 4.78 is 1.38. The van der Waals surface area contributed by atoms with Crippen LogP contribution in [0.25, 0.3) is 11.3 Å². The van der Waals surface area contributed by atoms with Gasteiger partial charge in [0.15, 0.2) is 0 Å². The smallest absolute Gasteiger partial charge is 0.306 e. The molecule has 0 aliphatic heterocycles. The van der Waals surface area contributed by atoms with Gasteiger partial charge in [-0.15, -0.1) is 0 Å². The van der Waals surface area contributed by atoms with Gasteiger partial charge >= 0.3 is 5.69 Å². The van der Waals surface area contributed by atoms with Crippen LogP contribution < -0.4 is 5.32 Å². The quantitative estimate of drug-likeness (QED) is 0.491. The molecule has 11 heteroatoms. The lowest BCUT2D eigenvalue weighted by molar-refractivity contribution is -0.385. The van der Waals surface area contributed by atoms with Crippen molar-refractivity contribution in [2.75, 3.05) is 6.54 Å². The lowest BCUT2D eigenvalue weighted by Gasteiger charge is -2.03. The largest absolute Gasteiger partial charge is 0.349 e. The van der Waals surface area contributed by atoms with E-state index in [9.17, 15) is 14.9 Å². The highest BCUT2D eigenvalue weighted by Crippen LogP contribution is 2.29. The van der Waals surface area contributed by atoms with Crippen molar-refractivity contribution in [3.05, 3.63) is 62.5 Å². The van der Waals surface area contributed by atoms with Crippen LogP contribution in [-0.4, -0.2) is 37.4 Å². The fourth-order valence-corrected chi connectivity index (χ4v) is 2.73. The Labute approximate surface area is 157 Å². The molecule has 3 aromatic rings. The van der Waals surface area contributed by atoms with E-state index in [4.69, 9.17) is 23.2 Å². The number of benzene rings is 1. The van der Waals surface area contributed by atoms with Gasteiger partial charge in [-0.3, -0.25) is 24.7 Å². The summed E-state index contributed by atoms with van der Waals surface area (Å²) in [7, 11) is 0. The highest BCUT2D eigenvalue weighted by atomic mass is 35.5. The number of aromatic nitrogens is 4. The lowest BCUT2D eigenvalue weighted by atomic mass is 10.1. The minimum atomic E-state index is -0.532. The number of nitrogens with one attached hydrogen (secondary N) is 2. The number of hydrogen-bond donors (Lipinski definition) is 2. The van der Waals surface area contributed by atoms with Gasteiger partial charge in [-0.25, -0.2) is 0 Å². The monoisotopic (exact) mass is 394 g/mol. The summed E-state index contributed by atoms with van der Waals surface area (Å²) in [6.07, 6.45) is 2.45. The van der Waals surface area contributed by atoms with Crippen molar-refractivity contribution in [1.82, 2.24) is 25.3 Å². The Bertz CT molecular complexity index is 968. The van der Waals surface area contributed by atoms with Gasteiger partial charge in [0.25, 0.3) is 5.91 Å². The van der Waals surface area contributed by atoms with Gasteiger partial charge in [0.1, 0.15) is 18.1 Å². The van der Waals surface area contributed by atoms with Crippen LogP contribution >= 0.6 is 23.2 Å². The van der Waals surface area contributed by atoms with E-state index in [0.29, 0.717) is 27.8 Å². The molecule has 9 nitrogen and oxygen atoms in total. The van der Waals surface area contributed by atoms with Crippen LogP contribution in [0.15, 0.2) is 36.7 Å². The third kappa shape index (κ3) is 4.01. The van der Waals surface area contributed by atoms with Gasteiger partial charge in [-0.05, 0) is 24.3 Å². The van der Waals surface area contributed by atoms with Gasteiger partial charge in [0.05, 0.1) is 22.2 Å². The standard InChI is InChI=1S/C15H12Cl2N6O3/c16-9-1-2-11(12(17)5-9)13-6-14(21-20-13)15(24)18-3-4-22-8-10(7-19-22)23(25)26/h1-2,5-8H,3-4H2,(H,18,24)(H,20,21). The average molecular weight is 395 g/mol. The van der Waals surface area contributed by atoms with E-state index in [0.717, 1.165) is 6.20 Å². The molecule has 0 aliphatic carbocycles. The van der Waals surface area contributed by atoms with Crippen LogP contribution in [-0.2, 0) is 6.54 Å². The number of halogens is 2. The average Bonchev–Trinajstić information content (AvgIpc) is 3.24. The maximum absolute atomic E-state index is 12.2. The summed E-state index contributed by atoms with van der Waals surface area (Å²) >= 11 is 12.0. The van der Waals surface area contributed by atoms with Crippen LogP contribution in [0.4, 0.5) is 5.69 Å². The summed E-state index contributed by atoms with van der Waals surface area (Å²) in [6.45, 7) is 0.539. The van der Waals surface area contributed by atoms with Crippen molar-refractivity contribution < 1.29 is 9.72 Å². The van der Waals surface area contributed by atoms with Crippen molar-refractivity contribution in [3.8, 4) is 11.3 Å². The van der Waals surface area contributed by atoms with Gasteiger partial charge in [-0.1, -0.05) is 23.2 Å². The number of rotatable bonds is 6. The number of amides is 1. The molecule has 3 rings (SSSR count). The first-order chi connectivity index (χ1) is 12.4. The van der Waals surface area contributed by atoms with Crippen LogP contribution in [0, 0.1) is 10.1 Å². The van der Waals surface area contributed by atoms with E-state index in [1.165, 1.54) is 10.9 Å². The highest BCUT2D eigenvalue weighted by molar-refractivity contribution is 6.36. The lowest BCUT2D eigenvalue weighted by Crippen LogP contribution is -2.27. The molecule has 0 radical (unpaired) electrons.